The molecule has 5 heteroatoms. The number of nitrogens with zero attached hydrogens (tertiary/aromatic N) is 2. The molecule has 0 bridgehead atoms. The Kier molecular flexibility index (Phi) is 1.36. The third kappa shape index (κ3) is 0.964. The number of carbonyl (C=O) groups is 2. The zero-order valence-corrected chi connectivity index (χ0v) is 6.44. The molecule has 2 rings (SSSR count). The van der Waals surface area contributed by atoms with Crippen LogP contribution in [0, 0.1) is 5.39 Å². The van der Waals surface area contributed by atoms with Crippen molar-refractivity contribution in [2.24, 2.45) is 0 Å². The van der Waals surface area contributed by atoms with Crippen LogP contribution in [0.2, 0.25) is 0 Å². The summed E-state index contributed by atoms with van der Waals surface area (Å²) in [6, 6.07) is 4.26. The highest BCUT2D eigenvalue weighted by atomic mass is 16.2. The number of nitrogens with one attached hydrogen (secondary N) is 1. The van der Waals surface area contributed by atoms with Crippen molar-refractivity contribution in [3.05, 3.63) is 34.3 Å². The molecule has 1 N–H and O–H groups in total. The third-order valence-electron chi connectivity index (χ3n) is 1.83. The maximum Gasteiger partial charge on any atom is 0.385 e. The zero-order valence-electron chi connectivity index (χ0n) is 6.44. The van der Waals surface area contributed by atoms with E-state index in [0.29, 0.717) is 5.56 Å². The Hall–Kier alpha value is -2.22. The van der Waals surface area contributed by atoms with Crippen LogP contribution >= 0.6 is 0 Å². The van der Waals surface area contributed by atoms with Crippen LogP contribution in [-0.2, 0) is 0 Å². The molecule has 0 aliphatic carbocycles. The second-order valence-electron chi connectivity index (χ2n) is 2.61. The van der Waals surface area contributed by atoms with E-state index >= 15 is 0 Å². The number of amides is 2. The van der Waals surface area contributed by atoms with Gasteiger partial charge in [0, 0.05) is 12.1 Å². The minimum atomic E-state index is -0.453. The Morgan fingerprint density at radius 3 is 2.54 bits per heavy atom. The fraction of sp³-hybridized carbons (Fsp3) is 0. The lowest BCUT2D eigenvalue weighted by atomic mass is 10.1. The van der Waals surface area contributed by atoms with Gasteiger partial charge in [-0.25, -0.2) is 0 Å². The molecule has 62 valence electrons. The smallest absolute Gasteiger partial charge is 0.288 e. The molecule has 5 nitrogen and oxygen atoms in total. The number of carbonyl (C=O) groups excluding carboxylic acids is 2. The molecule has 1 heterocycles. The molecular weight excluding hydrogens is 170 g/mol. The van der Waals surface area contributed by atoms with E-state index in [-0.39, 0.29) is 11.3 Å². The number of hydrogen-bond acceptors (Lipinski definition) is 3. The normalized spacial score (nSPS) is 13.5. The molecule has 1 aliphatic rings. The molecule has 13 heavy (non-hydrogen) atoms. The lowest BCUT2D eigenvalue weighted by Crippen LogP contribution is -2.19. The number of diazo groups is 1. The minimum absolute atomic E-state index is 0.250. The van der Waals surface area contributed by atoms with Crippen LogP contribution in [0.3, 0.4) is 0 Å². The molecule has 0 fully saturated rings. The second-order valence-corrected chi connectivity index (χ2v) is 2.61. The first-order valence-corrected chi connectivity index (χ1v) is 3.57. The molecule has 0 radical (unpaired) electrons. The van der Waals surface area contributed by atoms with Crippen LogP contribution in [0.15, 0.2) is 18.2 Å². The molecule has 1 aromatic rings. The summed E-state index contributed by atoms with van der Waals surface area (Å²) in [5.41, 5.74) is 0.821. The average molecular weight is 174 g/mol. The number of fused-ring (bicyclic) bond motifs is 1. The van der Waals surface area contributed by atoms with Gasteiger partial charge in [0.05, 0.1) is 11.1 Å². The third-order valence-corrected chi connectivity index (χ3v) is 1.83. The van der Waals surface area contributed by atoms with Crippen molar-refractivity contribution in [3.63, 3.8) is 0 Å². The van der Waals surface area contributed by atoms with Crippen molar-refractivity contribution in [2.45, 2.75) is 0 Å². The van der Waals surface area contributed by atoms with Crippen molar-refractivity contribution < 1.29 is 9.59 Å². The largest absolute Gasteiger partial charge is 0.385 e. The highest BCUT2D eigenvalue weighted by Gasteiger charge is 2.28. The van der Waals surface area contributed by atoms with Gasteiger partial charge in [0.25, 0.3) is 11.8 Å². The lowest BCUT2D eigenvalue weighted by molar-refractivity contribution is 0.0879. The topological polar surface area (TPSA) is 74.3 Å². The summed E-state index contributed by atoms with van der Waals surface area (Å²) >= 11 is 0. The lowest BCUT2D eigenvalue weighted by Gasteiger charge is -1.87. The maximum absolute atomic E-state index is 11.1. The first-order chi connectivity index (χ1) is 6.22. The van der Waals surface area contributed by atoms with Crippen LogP contribution < -0.4 is 5.32 Å². The van der Waals surface area contributed by atoms with Crippen LogP contribution in [0.25, 0.3) is 4.98 Å². The quantitative estimate of drug-likeness (QED) is 0.472. The predicted octanol–water partition coefficient (Wildman–Crippen LogP) is 1.05. The second kappa shape index (κ2) is 2.38. The summed E-state index contributed by atoms with van der Waals surface area (Å²) in [4.78, 5) is 25.1. The molecule has 0 saturated heterocycles. The molecular formula is C8H4N3O2+. The predicted molar refractivity (Wildman–Crippen MR) is 43.0 cm³/mol. The standard InChI is InChI=1S/C8H3N3O2/c9-11-4-1-2-5-6(3-4)8(13)10-7(5)12/h1-3H/p+1. The molecule has 0 spiro atoms. The summed E-state index contributed by atoms with van der Waals surface area (Å²) in [7, 11) is 0. The highest BCUT2D eigenvalue weighted by Crippen LogP contribution is 2.21. The number of hydrogen-bond donors (Lipinski definition) is 1. The summed E-state index contributed by atoms with van der Waals surface area (Å²) in [5, 5.41) is 10.6. The van der Waals surface area contributed by atoms with Crippen LogP contribution in [0.4, 0.5) is 5.69 Å². The molecule has 1 aliphatic heterocycles. The number of imide groups is 1. The summed E-state index contributed by atoms with van der Waals surface area (Å²) < 4.78 is 0. The SMILES string of the molecule is N#[N+]c1ccc2c(c1)C(=O)NC2=O. The number of benzene rings is 1. The van der Waals surface area contributed by atoms with E-state index in [1.54, 1.807) is 0 Å². The highest BCUT2D eigenvalue weighted by molar-refractivity contribution is 6.21. The van der Waals surface area contributed by atoms with Crippen molar-refractivity contribution in [2.75, 3.05) is 0 Å². The van der Waals surface area contributed by atoms with E-state index in [2.05, 4.69) is 10.3 Å². The van der Waals surface area contributed by atoms with E-state index in [9.17, 15) is 9.59 Å². The molecule has 0 unspecified atom stereocenters. The first kappa shape index (κ1) is 7.43. The van der Waals surface area contributed by atoms with Gasteiger partial charge in [-0.15, -0.1) is 0 Å². The van der Waals surface area contributed by atoms with Gasteiger partial charge in [0.15, 0.2) is 4.98 Å². The minimum Gasteiger partial charge on any atom is -0.288 e. The van der Waals surface area contributed by atoms with Crippen molar-refractivity contribution in [1.29, 1.82) is 5.39 Å². The van der Waals surface area contributed by atoms with E-state index in [0.717, 1.165) is 0 Å². The summed E-state index contributed by atoms with van der Waals surface area (Å²) in [6.45, 7) is 0. The van der Waals surface area contributed by atoms with Gasteiger partial charge in [0.2, 0.25) is 5.39 Å². The van der Waals surface area contributed by atoms with Gasteiger partial charge < -0.3 is 0 Å². The van der Waals surface area contributed by atoms with Crippen LogP contribution in [0.1, 0.15) is 20.7 Å². The molecule has 0 aromatic heterocycles. The number of rotatable bonds is 0. The van der Waals surface area contributed by atoms with Gasteiger partial charge in [-0.3, -0.25) is 14.9 Å². The van der Waals surface area contributed by atoms with Gasteiger partial charge in [-0.1, -0.05) is 0 Å². The van der Waals surface area contributed by atoms with Crippen molar-refractivity contribution in [1.82, 2.24) is 5.32 Å². The van der Waals surface area contributed by atoms with Crippen LogP contribution in [-0.4, -0.2) is 11.8 Å². The van der Waals surface area contributed by atoms with E-state index < -0.39 is 11.8 Å². The van der Waals surface area contributed by atoms with Gasteiger partial charge in [-0.05, 0) is 6.07 Å². The maximum atomic E-state index is 11.1. The average Bonchev–Trinajstić information content (AvgIpc) is 2.42. The summed E-state index contributed by atoms with van der Waals surface area (Å²) in [6.07, 6.45) is 0. The Morgan fingerprint density at radius 1 is 1.15 bits per heavy atom. The Bertz CT molecular complexity index is 459. The van der Waals surface area contributed by atoms with E-state index in [1.807, 2.05) is 0 Å². The summed E-state index contributed by atoms with van der Waals surface area (Å²) in [5.74, 6) is -0.866. The molecule has 0 atom stereocenters. The van der Waals surface area contributed by atoms with Gasteiger partial charge in [0.1, 0.15) is 0 Å². The Labute approximate surface area is 73.0 Å². The molecule has 1 aromatic carbocycles. The van der Waals surface area contributed by atoms with E-state index in [4.69, 9.17) is 5.39 Å². The van der Waals surface area contributed by atoms with Gasteiger partial charge in [-0.2, -0.15) is 0 Å². The van der Waals surface area contributed by atoms with Crippen molar-refractivity contribution >= 4 is 17.5 Å². The monoisotopic (exact) mass is 174 g/mol. The fourth-order valence-corrected chi connectivity index (χ4v) is 1.22. The van der Waals surface area contributed by atoms with Crippen molar-refractivity contribution in [3.8, 4) is 0 Å². The molecule has 0 saturated carbocycles. The Morgan fingerprint density at radius 2 is 1.85 bits per heavy atom. The fourth-order valence-electron chi connectivity index (χ4n) is 1.22. The Balaban J connectivity index is 2.67. The zero-order chi connectivity index (χ0) is 9.42. The van der Waals surface area contributed by atoms with E-state index in [1.165, 1.54) is 18.2 Å². The molecule has 2 amide bonds. The van der Waals surface area contributed by atoms with Gasteiger partial charge >= 0.3 is 5.69 Å². The first-order valence-electron chi connectivity index (χ1n) is 3.57. The van der Waals surface area contributed by atoms with Crippen LogP contribution in [0.5, 0.6) is 0 Å².